The Morgan fingerprint density at radius 3 is 2.18 bits per heavy atom. The predicted octanol–water partition coefficient (Wildman–Crippen LogP) is 7.11. The summed E-state index contributed by atoms with van der Waals surface area (Å²) in [6.07, 6.45) is 7.42. The molecule has 0 radical (unpaired) electrons. The van der Waals surface area contributed by atoms with Crippen molar-refractivity contribution in [2.24, 2.45) is 5.41 Å². The molecule has 0 aliphatic carbocycles. The van der Waals surface area contributed by atoms with Crippen LogP contribution in [0.2, 0.25) is 0 Å². The van der Waals surface area contributed by atoms with E-state index in [9.17, 15) is 18.0 Å². The molecule has 0 saturated carbocycles. The molecular weight excluding hydrogens is 609 g/mol. The summed E-state index contributed by atoms with van der Waals surface area (Å²) in [5.41, 5.74) is 1.71. The highest BCUT2D eigenvalue weighted by Crippen LogP contribution is 2.47. The van der Waals surface area contributed by atoms with Crippen molar-refractivity contribution in [1.82, 2.24) is 5.32 Å². The van der Waals surface area contributed by atoms with E-state index in [2.05, 4.69) is 24.1 Å². The molecule has 0 aromatic heterocycles. The van der Waals surface area contributed by atoms with Crippen LogP contribution in [-0.2, 0) is 24.2 Å². The van der Waals surface area contributed by atoms with Crippen molar-refractivity contribution < 1.29 is 27.5 Å². The van der Waals surface area contributed by atoms with Gasteiger partial charge in [-0.3, -0.25) is 4.79 Å². The Balaban J connectivity index is 1.71. The number of esters is 1. The fourth-order valence-electron chi connectivity index (χ4n) is 5.97. The van der Waals surface area contributed by atoms with Crippen molar-refractivity contribution in [3.8, 4) is 5.75 Å². The zero-order valence-corrected chi connectivity index (χ0v) is 28.2. The van der Waals surface area contributed by atoms with E-state index in [-0.39, 0.29) is 10.6 Å². The first-order valence-electron chi connectivity index (χ1n) is 15.5. The topological polar surface area (TPSA) is 102 Å². The van der Waals surface area contributed by atoms with Crippen molar-refractivity contribution in [3.63, 3.8) is 0 Å². The maximum absolute atomic E-state index is 14.3. The number of hydrogen-bond acceptors (Lipinski definition) is 8. The van der Waals surface area contributed by atoms with Crippen LogP contribution in [0, 0.1) is 5.41 Å². The molecule has 4 rings (SSSR count). The molecule has 0 bridgehead atoms. The van der Waals surface area contributed by atoms with E-state index in [0.29, 0.717) is 28.4 Å². The summed E-state index contributed by atoms with van der Waals surface area (Å²) >= 11 is 1.42. The third-order valence-corrected chi connectivity index (χ3v) is 11.0. The average Bonchev–Trinajstić information content (AvgIpc) is 3.15. The SMILES string of the molecule is CCCCC1(CCCC)CN(c2ccccc2)c2cc(SC)c(OCC(=O)N[C@@H](C(=O)OC)c3ccccc3)cc2S(=O)(=O)C1. The Morgan fingerprint density at radius 2 is 1.60 bits per heavy atom. The summed E-state index contributed by atoms with van der Waals surface area (Å²) in [6.45, 7) is 4.46. The first-order chi connectivity index (χ1) is 21.7. The van der Waals surface area contributed by atoms with Crippen LogP contribution in [0.15, 0.2) is 82.6 Å². The maximum atomic E-state index is 14.3. The number of nitrogens with zero attached hydrogens (tertiary/aromatic N) is 1. The summed E-state index contributed by atoms with van der Waals surface area (Å²) < 4.78 is 39.5. The smallest absolute Gasteiger partial charge is 0.333 e. The zero-order chi connectivity index (χ0) is 32.5. The Bertz CT molecular complexity index is 1540. The summed E-state index contributed by atoms with van der Waals surface area (Å²) in [5.74, 6) is -0.793. The minimum absolute atomic E-state index is 0.0484. The van der Waals surface area contributed by atoms with Crippen LogP contribution in [0.5, 0.6) is 5.75 Å². The number of thioether (sulfide) groups is 1. The number of carbonyl (C=O) groups is 2. The minimum atomic E-state index is -3.74. The number of fused-ring (bicyclic) bond motifs is 1. The number of para-hydroxylation sites is 1. The van der Waals surface area contributed by atoms with Gasteiger partial charge < -0.3 is 19.7 Å². The second-order valence-electron chi connectivity index (χ2n) is 11.6. The number of anilines is 2. The molecule has 0 saturated heterocycles. The van der Waals surface area contributed by atoms with Crippen LogP contribution in [0.4, 0.5) is 11.4 Å². The molecule has 1 aliphatic heterocycles. The number of sulfone groups is 1. The van der Waals surface area contributed by atoms with Crippen LogP contribution in [0.25, 0.3) is 0 Å². The van der Waals surface area contributed by atoms with Crippen molar-refractivity contribution >= 4 is 44.9 Å². The number of benzene rings is 3. The van der Waals surface area contributed by atoms with E-state index in [1.807, 2.05) is 48.7 Å². The van der Waals surface area contributed by atoms with Crippen molar-refractivity contribution in [1.29, 1.82) is 0 Å². The lowest BCUT2D eigenvalue weighted by molar-refractivity contribution is -0.145. The van der Waals surface area contributed by atoms with E-state index in [1.165, 1.54) is 18.9 Å². The zero-order valence-electron chi connectivity index (χ0n) is 26.6. The number of methoxy groups -OCH3 is 1. The standard InChI is InChI=1S/C35H44N2O6S2/c1-5-7-19-35(20-8-6-2)24-37(27-17-13-10-14-18-27)28-21-30(44-4)29(22-31(28)45(40,41)25-35)43-23-32(38)36-33(34(39)42-3)26-15-11-9-12-16-26/h9-18,21-22,33H,5-8,19-20,23-25H2,1-4H3,(H,36,38)/t33-/m1/s1. The van der Waals surface area contributed by atoms with E-state index < -0.39 is 39.8 Å². The first-order valence-corrected chi connectivity index (χ1v) is 18.4. The normalized spacial score (nSPS) is 15.8. The van der Waals surface area contributed by atoms with Gasteiger partial charge in [0, 0.05) is 23.7 Å². The fraction of sp³-hybridized carbons (Fsp3) is 0.429. The average molecular weight is 653 g/mol. The molecule has 242 valence electrons. The monoisotopic (exact) mass is 652 g/mol. The molecule has 3 aromatic carbocycles. The highest BCUT2D eigenvalue weighted by Gasteiger charge is 2.42. The van der Waals surface area contributed by atoms with Crippen LogP contribution < -0.4 is 15.0 Å². The number of rotatable bonds is 14. The molecule has 1 N–H and O–H groups in total. The molecule has 0 unspecified atom stereocenters. The van der Waals surface area contributed by atoms with Gasteiger partial charge in [-0.1, -0.05) is 88.1 Å². The van der Waals surface area contributed by atoms with E-state index in [4.69, 9.17) is 9.47 Å². The highest BCUT2D eigenvalue weighted by molar-refractivity contribution is 7.98. The molecule has 1 aliphatic rings. The Hall–Kier alpha value is -3.50. The number of hydrogen-bond donors (Lipinski definition) is 1. The lowest BCUT2D eigenvalue weighted by Gasteiger charge is -2.37. The molecular formula is C35H44N2O6S2. The molecule has 45 heavy (non-hydrogen) atoms. The Kier molecular flexibility index (Phi) is 12.0. The number of unbranched alkanes of at least 4 members (excludes halogenated alkanes) is 2. The minimum Gasteiger partial charge on any atom is -0.483 e. The summed E-state index contributed by atoms with van der Waals surface area (Å²) in [6, 6.07) is 21.2. The van der Waals surface area contributed by atoms with Gasteiger partial charge >= 0.3 is 5.97 Å². The molecule has 8 nitrogen and oxygen atoms in total. The third-order valence-electron chi connectivity index (χ3n) is 8.28. The van der Waals surface area contributed by atoms with E-state index >= 15 is 0 Å². The molecule has 1 heterocycles. The lowest BCUT2D eigenvalue weighted by Crippen LogP contribution is -2.38. The van der Waals surface area contributed by atoms with Gasteiger partial charge in [-0.05, 0) is 42.9 Å². The number of nitrogens with one attached hydrogen (secondary N) is 1. The van der Waals surface area contributed by atoms with Gasteiger partial charge in [0.1, 0.15) is 5.75 Å². The number of carbonyl (C=O) groups excluding carboxylic acids is 2. The van der Waals surface area contributed by atoms with Crippen LogP contribution in [0.1, 0.15) is 64.0 Å². The van der Waals surface area contributed by atoms with Crippen molar-refractivity contribution in [2.45, 2.75) is 68.2 Å². The van der Waals surface area contributed by atoms with E-state index in [1.54, 1.807) is 30.3 Å². The van der Waals surface area contributed by atoms with Crippen LogP contribution >= 0.6 is 11.8 Å². The van der Waals surface area contributed by atoms with Gasteiger partial charge in [0.15, 0.2) is 22.5 Å². The van der Waals surface area contributed by atoms with Gasteiger partial charge in [0.2, 0.25) is 0 Å². The Morgan fingerprint density at radius 1 is 0.978 bits per heavy atom. The van der Waals surface area contributed by atoms with E-state index in [0.717, 1.165) is 44.2 Å². The largest absolute Gasteiger partial charge is 0.483 e. The molecule has 0 fully saturated rings. The molecule has 3 aromatic rings. The summed E-state index contributed by atoms with van der Waals surface area (Å²) in [7, 11) is -2.47. The quantitative estimate of drug-likeness (QED) is 0.145. The molecule has 1 amide bonds. The molecule has 0 spiro atoms. The Labute approximate surface area is 271 Å². The van der Waals surface area contributed by atoms with Crippen molar-refractivity contribution in [2.75, 3.05) is 37.2 Å². The second-order valence-corrected chi connectivity index (χ2v) is 14.4. The van der Waals surface area contributed by atoms with Gasteiger partial charge in [0.25, 0.3) is 5.91 Å². The lowest BCUT2D eigenvalue weighted by atomic mass is 9.79. The summed E-state index contributed by atoms with van der Waals surface area (Å²) in [5, 5.41) is 2.69. The van der Waals surface area contributed by atoms with Gasteiger partial charge in [0.05, 0.1) is 28.3 Å². The van der Waals surface area contributed by atoms with Crippen LogP contribution in [-0.4, -0.2) is 52.6 Å². The molecule has 1 atom stereocenters. The van der Waals surface area contributed by atoms with Gasteiger partial charge in [-0.25, -0.2) is 13.2 Å². The predicted molar refractivity (Wildman–Crippen MR) is 180 cm³/mol. The summed E-state index contributed by atoms with van der Waals surface area (Å²) in [4.78, 5) is 28.6. The van der Waals surface area contributed by atoms with Crippen LogP contribution in [0.3, 0.4) is 0 Å². The number of ether oxygens (including phenoxy) is 2. The molecule has 10 heteroatoms. The van der Waals surface area contributed by atoms with Gasteiger partial charge in [-0.15, -0.1) is 11.8 Å². The maximum Gasteiger partial charge on any atom is 0.333 e. The number of amides is 1. The first kappa shape index (κ1) is 34.4. The highest BCUT2D eigenvalue weighted by atomic mass is 32.2. The van der Waals surface area contributed by atoms with Gasteiger partial charge in [-0.2, -0.15) is 0 Å². The third kappa shape index (κ3) is 8.41. The fourth-order valence-corrected chi connectivity index (χ4v) is 8.63. The second kappa shape index (κ2) is 15.7. The van der Waals surface area contributed by atoms with Crippen molar-refractivity contribution in [3.05, 3.63) is 78.4 Å².